The number of hydrogen-bond acceptors (Lipinski definition) is 2. The van der Waals surface area contributed by atoms with Gasteiger partial charge in [0.2, 0.25) is 0 Å². The van der Waals surface area contributed by atoms with Crippen LogP contribution in [-0.2, 0) is 9.53 Å². The van der Waals surface area contributed by atoms with Crippen LogP contribution in [0.5, 0.6) is 0 Å². The fraction of sp³-hybridized carbons (Fsp3) is 0.737. The molecule has 0 fully saturated rings. The third kappa shape index (κ3) is 16.7. The van der Waals surface area contributed by atoms with Crippen molar-refractivity contribution in [2.45, 2.75) is 84.0 Å². The number of hydrogen-bond donors (Lipinski definition) is 0. The van der Waals surface area contributed by atoms with Gasteiger partial charge in [-0.3, -0.25) is 0 Å². The van der Waals surface area contributed by atoms with Gasteiger partial charge in [-0.25, -0.2) is 4.79 Å². The number of allylic oxidation sites excluding steroid dienone is 2. The van der Waals surface area contributed by atoms with Crippen LogP contribution in [-0.4, -0.2) is 13.1 Å². The summed E-state index contributed by atoms with van der Waals surface area (Å²) in [5, 5.41) is 0. The largest absolute Gasteiger partial charge is 0.459 e. The van der Waals surface area contributed by atoms with E-state index in [1.54, 1.807) is 0 Å². The van der Waals surface area contributed by atoms with Gasteiger partial charge in [0.1, 0.15) is 0 Å². The normalized spacial score (nSPS) is 10.4. The van der Waals surface area contributed by atoms with Crippen LogP contribution in [0.1, 0.15) is 84.0 Å². The molecule has 0 aliphatic rings. The van der Waals surface area contributed by atoms with Crippen molar-refractivity contribution in [3.63, 3.8) is 0 Å². The summed E-state index contributed by atoms with van der Waals surface area (Å²) in [5.74, 6) is 4.85. The van der Waals surface area contributed by atoms with E-state index in [1.807, 2.05) is 0 Å². The average Bonchev–Trinajstić information content (AvgIpc) is 2.50. The minimum atomic E-state index is -0.437. The van der Waals surface area contributed by atoms with Crippen LogP contribution < -0.4 is 0 Å². The van der Waals surface area contributed by atoms with Crippen molar-refractivity contribution in [1.29, 1.82) is 0 Å². The highest BCUT2D eigenvalue weighted by Gasteiger charge is 1.90. The summed E-state index contributed by atoms with van der Waals surface area (Å²) in [6, 6.07) is 0. The summed E-state index contributed by atoms with van der Waals surface area (Å²) < 4.78 is 4.45. The van der Waals surface area contributed by atoms with Gasteiger partial charge in [0.25, 0.3) is 0 Å². The molecule has 0 radical (unpaired) electrons. The average molecular weight is 292 g/mol. The molecule has 0 unspecified atom stereocenters. The van der Waals surface area contributed by atoms with Crippen LogP contribution in [0.3, 0.4) is 0 Å². The first-order valence-corrected chi connectivity index (χ1v) is 8.53. The number of carbonyl (C=O) groups is 1. The van der Waals surface area contributed by atoms with E-state index >= 15 is 0 Å². The van der Waals surface area contributed by atoms with Gasteiger partial charge in [-0.1, -0.05) is 63.5 Å². The molecule has 0 saturated carbocycles. The van der Waals surface area contributed by atoms with E-state index in [9.17, 15) is 4.79 Å². The van der Waals surface area contributed by atoms with Crippen LogP contribution in [0.25, 0.3) is 0 Å². The van der Waals surface area contributed by atoms with Crippen molar-refractivity contribution in [3.05, 3.63) is 12.2 Å². The number of esters is 1. The number of unbranched alkanes of at least 4 members (excludes halogenated alkanes) is 10. The van der Waals surface area contributed by atoms with Gasteiger partial charge in [-0.05, 0) is 32.1 Å². The van der Waals surface area contributed by atoms with Gasteiger partial charge >= 0.3 is 5.97 Å². The summed E-state index contributed by atoms with van der Waals surface area (Å²) in [7, 11) is 1.36. The van der Waals surface area contributed by atoms with Crippen LogP contribution in [0.15, 0.2) is 12.2 Å². The third-order valence-electron chi connectivity index (χ3n) is 3.44. The highest BCUT2D eigenvalue weighted by Crippen LogP contribution is 2.08. The summed E-state index contributed by atoms with van der Waals surface area (Å²) in [6.07, 6.45) is 19.5. The lowest BCUT2D eigenvalue weighted by atomic mass is 10.1. The standard InChI is InChI=1S/C19H32O2/c1-3-4-5-6-7-8-9-10-11-12-13-14-15-16-17-18-19(20)21-2/h10-11H,3-9,12-16H2,1-2H3. The van der Waals surface area contributed by atoms with Crippen molar-refractivity contribution in [2.75, 3.05) is 7.11 Å². The second kappa shape index (κ2) is 16.8. The number of ether oxygens (including phenoxy) is 1. The molecule has 21 heavy (non-hydrogen) atoms. The Balaban J connectivity index is 3.21. The quantitative estimate of drug-likeness (QED) is 0.158. The van der Waals surface area contributed by atoms with Gasteiger partial charge in [-0.15, -0.1) is 0 Å². The van der Waals surface area contributed by atoms with Gasteiger partial charge in [0.15, 0.2) is 0 Å². The van der Waals surface area contributed by atoms with Gasteiger partial charge < -0.3 is 4.74 Å². The zero-order valence-corrected chi connectivity index (χ0v) is 14.0. The van der Waals surface area contributed by atoms with Crippen LogP contribution in [0.4, 0.5) is 0 Å². The van der Waals surface area contributed by atoms with Crippen molar-refractivity contribution < 1.29 is 9.53 Å². The first-order chi connectivity index (χ1) is 10.3. The maximum Gasteiger partial charge on any atom is 0.384 e. The van der Waals surface area contributed by atoms with E-state index in [-0.39, 0.29) is 0 Å². The highest BCUT2D eigenvalue weighted by atomic mass is 16.5. The maximum atomic E-state index is 10.7. The molecule has 0 spiro atoms. The Labute approximate surface area is 131 Å². The van der Waals surface area contributed by atoms with Crippen molar-refractivity contribution in [1.82, 2.24) is 0 Å². The van der Waals surface area contributed by atoms with E-state index in [0.29, 0.717) is 0 Å². The molecule has 0 aromatic carbocycles. The Hall–Kier alpha value is -1.23. The minimum absolute atomic E-state index is 0.437. The van der Waals surface area contributed by atoms with Crippen molar-refractivity contribution in [2.24, 2.45) is 0 Å². The van der Waals surface area contributed by atoms with Crippen molar-refractivity contribution >= 4 is 5.97 Å². The smallest absolute Gasteiger partial charge is 0.384 e. The molecule has 0 aromatic heterocycles. The molecule has 2 heteroatoms. The highest BCUT2D eigenvalue weighted by molar-refractivity contribution is 5.88. The van der Waals surface area contributed by atoms with E-state index in [1.165, 1.54) is 71.3 Å². The molecule has 0 saturated heterocycles. The molecule has 120 valence electrons. The van der Waals surface area contributed by atoms with Crippen LogP contribution in [0.2, 0.25) is 0 Å². The second-order valence-corrected chi connectivity index (χ2v) is 5.42. The zero-order chi connectivity index (χ0) is 15.6. The van der Waals surface area contributed by atoms with Crippen LogP contribution in [0, 0.1) is 11.8 Å². The molecule has 0 aromatic rings. The fourth-order valence-corrected chi connectivity index (χ4v) is 2.12. The molecule has 0 N–H and O–H groups in total. The lowest BCUT2D eigenvalue weighted by Crippen LogP contribution is -1.94. The predicted molar refractivity (Wildman–Crippen MR) is 90.0 cm³/mol. The summed E-state index contributed by atoms with van der Waals surface area (Å²) in [4.78, 5) is 10.7. The molecule has 0 rings (SSSR count). The predicted octanol–water partition coefficient (Wildman–Crippen LogP) is 5.42. The van der Waals surface area contributed by atoms with Gasteiger partial charge in [0, 0.05) is 12.3 Å². The van der Waals surface area contributed by atoms with E-state index in [4.69, 9.17) is 0 Å². The number of carbonyl (C=O) groups excluding carboxylic acids is 1. The van der Waals surface area contributed by atoms with Crippen molar-refractivity contribution in [3.8, 4) is 11.8 Å². The SMILES string of the molecule is CCCCCCCCC=CCCCCCC#CC(=O)OC. The molecule has 0 aliphatic carbocycles. The lowest BCUT2D eigenvalue weighted by molar-refractivity contribution is -0.133. The first-order valence-electron chi connectivity index (χ1n) is 8.53. The molecular weight excluding hydrogens is 260 g/mol. The Morgan fingerprint density at radius 2 is 1.48 bits per heavy atom. The summed E-state index contributed by atoms with van der Waals surface area (Å²) in [6.45, 7) is 2.26. The van der Waals surface area contributed by atoms with Gasteiger partial charge in [-0.2, -0.15) is 0 Å². The van der Waals surface area contributed by atoms with Gasteiger partial charge in [0.05, 0.1) is 7.11 Å². The number of rotatable bonds is 12. The molecule has 2 nitrogen and oxygen atoms in total. The van der Waals surface area contributed by atoms with E-state index < -0.39 is 5.97 Å². The molecular formula is C19H32O2. The molecule has 0 atom stereocenters. The Bertz CT molecular complexity index is 320. The third-order valence-corrected chi connectivity index (χ3v) is 3.44. The molecule has 0 amide bonds. The topological polar surface area (TPSA) is 26.3 Å². The summed E-state index contributed by atoms with van der Waals surface area (Å²) >= 11 is 0. The fourth-order valence-electron chi connectivity index (χ4n) is 2.12. The molecule has 0 aliphatic heterocycles. The second-order valence-electron chi connectivity index (χ2n) is 5.42. The maximum absolute atomic E-state index is 10.7. The monoisotopic (exact) mass is 292 g/mol. The lowest BCUT2D eigenvalue weighted by Gasteiger charge is -1.98. The first kappa shape index (κ1) is 19.8. The summed E-state index contributed by atoms with van der Waals surface area (Å²) in [5.41, 5.74) is 0. The van der Waals surface area contributed by atoms with Crippen LogP contribution >= 0.6 is 0 Å². The Kier molecular flexibility index (Phi) is 15.8. The zero-order valence-electron chi connectivity index (χ0n) is 14.0. The van der Waals surface area contributed by atoms with E-state index in [2.05, 4.69) is 35.7 Å². The molecule has 0 heterocycles. The Morgan fingerprint density at radius 3 is 2.10 bits per heavy atom. The number of methoxy groups -OCH3 is 1. The minimum Gasteiger partial charge on any atom is -0.459 e. The van der Waals surface area contributed by atoms with E-state index in [0.717, 1.165) is 12.8 Å². The Morgan fingerprint density at radius 1 is 0.905 bits per heavy atom. The molecule has 0 bridgehead atoms.